The van der Waals surface area contributed by atoms with Crippen molar-refractivity contribution in [2.24, 2.45) is 0 Å². The largest absolute Gasteiger partial charge is 0.324 e. The number of nitrogens with one attached hydrogen (secondary N) is 1. The molecule has 0 aliphatic rings. The number of carbonyl (C=O) groups is 1. The van der Waals surface area contributed by atoms with Crippen molar-refractivity contribution >= 4 is 23.2 Å². The number of aryl methyl sites for hydroxylation is 2. The maximum Gasteiger partial charge on any atom is 0.267 e. The van der Waals surface area contributed by atoms with Gasteiger partial charge in [-0.2, -0.15) is 5.10 Å². The van der Waals surface area contributed by atoms with Gasteiger partial charge in [-0.3, -0.25) is 9.59 Å². The molecule has 1 aromatic heterocycles. The van der Waals surface area contributed by atoms with Gasteiger partial charge in [0.15, 0.2) is 0 Å². The number of aromatic nitrogens is 2. The molecule has 0 radical (unpaired) electrons. The Morgan fingerprint density at radius 1 is 1.30 bits per heavy atom. The van der Waals surface area contributed by atoms with Crippen LogP contribution in [-0.2, 0) is 11.3 Å². The molecule has 1 N–H and O–H groups in total. The fraction of sp³-hybridized carbons (Fsp3) is 0.214. The van der Waals surface area contributed by atoms with E-state index in [1.54, 1.807) is 25.1 Å². The molecule has 6 heteroatoms. The quantitative estimate of drug-likeness (QED) is 0.942. The molecule has 1 heterocycles. The monoisotopic (exact) mass is 291 g/mol. The van der Waals surface area contributed by atoms with Crippen molar-refractivity contribution in [3.8, 4) is 0 Å². The lowest BCUT2D eigenvalue weighted by Crippen LogP contribution is -2.29. The molecule has 0 fully saturated rings. The summed E-state index contributed by atoms with van der Waals surface area (Å²) < 4.78 is 1.13. The summed E-state index contributed by atoms with van der Waals surface area (Å²) in [6.45, 7) is 3.50. The summed E-state index contributed by atoms with van der Waals surface area (Å²) in [6, 6.07) is 8.23. The molecule has 0 unspecified atom stereocenters. The van der Waals surface area contributed by atoms with Crippen LogP contribution in [0.5, 0.6) is 0 Å². The summed E-state index contributed by atoms with van der Waals surface area (Å²) >= 11 is 5.98. The van der Waals surface area contributed by atoms with Gasteiger partial charge in [0.25, 0.3) is 5.56 Å². The van der Waals surface area contributed by atoms with E-state index in [1.807, 2.05) is 13.0 Å². The average molecular weight is 292 g/mol. The van der Waals surface area contributed by atoms with Crippen molar-refractivity contribution in [1.82, 2.24) is 9.78 Å². The number of halogens is 1. The fourth-order valence-electron chi connectivity index (χ4n) is 1.67. The van der Waals surface area contributed by atoms with Crippen molar-refractivity contribution in [2.75, 3.05) is 5.32 Å². The topological polar surface area (TPSA) is 64.0 Å². The maximum absolute atomic E-state index is 11.9. The van der Waals surface area contributed by atoms with Gasteiger partial charge in [0.05, 0.1) is 5.69 Å². The van der Waals surface area contributed by atoms with Gasteiger partial charge < -0.3 is 5.32 Å². The van der Waals surface area contributed by atoms with Gasteiger partial charge >= 0.3 is 0 Å². The summed E-state index contributed by atoms with van der Waals surface area (Å²) in [5.41, 5.74) is 1.89. The van der Waals surface area contributed by atoms with Crippen molar-refractivity contribution < 1.29 is 4.79 Å². The van der Waals surface area contributed by atoms with E-state index in [-0.39, 0.29) is 18.0 Å². The highest BCUT2D eigenvalue weighted by Gasteiger charge is 2.07. The zero-order chi connectivity index (χ0) is 14.7. The number of hydrogen-bond donors (Lipinski definition) is 1. The molecule has 1 amide bonds. The van der Waals surface area contributed by atoms with Gasteiger partial charge in [0.2, 0.25) is 5.91 Å². The molecule has 0 aliphatic carbocycles. The van der Waals surface area contributed by atoms with Crippen molar-refractivity contribution in [3.63, 3.8) is 0 Å². The van der Waals surface area contributed by atoms with E-state index in [0.29, 0.717) is 16.4 Å². The first-order valence-electron chi connectivity index (χ1n) is 6.06. The van der Waals surface area contributed by atoms with E-state index in [4.69, 9.17) is 11.6 Å². The maximum atomic E-state index is 11.9. The normalized spacial score (nSPS) is 10.3. The predicted octanol–water partition coefficient (Wildman–Crippen LogP) is 2.15. The molecule has 0 bridgehead atoms. The number of hydrogen-bond acceptors (Lipinski definition) is 3. The summed E-state index contributed by atoms with van der Waals surface area (Å²) in [7, 11) is 0. The van der Waals surface area contributed by atoms with Crippen LogP contribution in [0, 0.1) is 13.8 Å². The van der Waals surface area contributed by atoms with Crippen LogP contribution in [0.1, 0.15) is 11.3 Å². The lowest BCUT2D eigenvalue weighted by Gasteiger charge is -2.08. The molecule has 5 nitrogen and oxygen atoms in total. The second-order valence-electron chi connectivity index (χ2n) is 4.48. The standard InChI is InChI=1S/C14H14ClN3O2/c1-9-3-5-11(7-12(9)15)16-13(19)8-18-14(20)6-4-10(2)17-18/h3-7H,8H2,1-2H3,(H,16,19). The molecule has 1 aromatic carbocycles. The van der Waals surface area contributed by atoms with Crippen molar-refractivity contribution in [3.05, 3.63) is 57.0 Å². The predicted molar refractivity (Wildman–Crippen MR) is 78.1 cm³/mol. The molecule has 0 atom stereocenters. The third-order valence-electron chi connectivity index (χ3n) is 2.75. The molecule has 2 aromatic rings. The number of nitrogens with zero attached hydrogens (tertiary/aromatic N) is 2. The Hall–Kier alpha value is -2.14. The van der Waals surface area contributed by atoms with Gasteiger partial charge in [-0.1, -0.05) is 17.7 Å². The molecular formula is C14H14ClN3O2. The average Bonchev–Trinajstić information content (AvgIpc) is 2.38. The zero-order valence-corrected chi connectivity index (χ0v) is 11.9. The van der Waals surface area contributed by atoms with E-state index in [1.165, 1.54) is 6.07 Å². The third kappa shape index (κ3) is 3.45. The molecular weight excluding hydrogens is 278 g/mol. The second kappa shape index (κ2) is 5.88. The van der Waals surface area contributed by atoms with Gasteiger partial charge in [0, 0.05) is 16.8 Å². The number of carbonyl (C=O) groups excluding carboxylic acids is 1. The Morgan fingerprint density at radius 3 is 2.75 bits per heavy atom. The molecule has 0 spiro atoms. The summed E-state index contributed by atoms with van der Waals surface area (Å²) in [6.07, 6.45) is 0. The molecule has 0 aliphatic heterocycles. The van der Waals surface area contributed by atoms with Gasteiger partial charge in [-0.05, 0) is 37.6 Å². The Kier molecular flexibility index (Phi) is 4.20. The van der Waals surface area contributed by atoms with E-state index in [2.05, 4.69) is 10.4 Å². The minimum Gasteiger partial charge on any atom is -0.324 e. The van der Waals surface area contributed by atoms with E-state index in [0.717, 1.165) is 10.2 Å². The first kappa shape index (κ1) is 14.3. The Morgan fingerprint density at radius 2 is 2.05 bits per heavy atom. The van der Waals surface area contributed by atoms with Crippen LogP contribution in [0.4, 0.5) is 5.69 Å². The third-order valence-corrected chi connectivity index (χ3v) is 3.16. The summed E-state index contributed by atoms with van der Waals surface area (Å²) in [5, 5.41) is 7.26. The summed E-state index contributed by atoms with van der Waals surface area (Å²) in [4.78, 5) is 23.4. The molecule has 20 heavy (non-hydrogen) atoms. The highest BCUT2D eigenvalue weighted by molar-refractivity contribution is 6.31. The Balaban J connectivity index is 2.11. The van der Waals surface area contributed by atoms with E-state index >= 15 is 0 Å². The van der Waals surface area contributed by atoms with Crippen molar-refractivity contribution in [2.45, 2.75) is 20.4 Å². The number of amides is 1. The highest BCUT2D eigenvalue weighted by Crippen LogP contribution is 2.19. The molecule has 104 valence electrons. The SMILES string of the molecule is Cc1ccc(=O)n(CC(=O)Nc2ccc(C)c(Cl)c2)n1. The smallest absolute Gasteiger partial charge is 0.267 e. The van der Waals surface area contributed by atoms with E-state index in [9.17, 15) is 9.59 Å². The Bertz CT molecular complexity index is 710. The van der Waals surface area contributed by atoms with Crippen LogP contribution < -0.4 is 10.9 Å². The fourth-order valence-corrected chi connectivity index (χ4v) is 1.85. The van der Waals surface area contributed by atoms with Crippen molar-refractivity contribution in [1.29, 1.82) is 0 Å². The van der Waals surface area contributed by atoms with Crippen LogP contribution in [-0.4, -0.2) is 15.7 Å². The van der Waals surface area contributed by atoms with Crippen LogP contribution >= 0.6 is 11.6 Å². The number of anilines is 1. The van der Waals surface area contributed by atoms with Crippen LogP contribution in [0.25, 0.3) is 0 Å². The first-order valence-corrected chi connectivity index (χ1v) is 6.44. The van der Waals surface area contributed by atoms with Crippen LogP contribution in [0.3, 0.4) is 0 Å². The van der Waals surface area contributed by atoms with E-state index < -0.39 is 0 Å². The zero-order valence-electron chi connectivity index (χ0n) is 11.2. The molecule has 0 saturated carbocycles. The molecule has 2 rings (SSSR count). The minimum atomic E-state index is -0.329. The summed E-state index contributed by atoms with van der Waals surface area (Å²) in [5.74, 6) is -0.329. The van der Waals surface area contributed by atoms with Crippen LogP contribution in [0.15, 0.2) is 35.1 Å². The lowest BCUT2D eigenvalue weighted by molar-refractivity contribution is -0.117. The van der Waals surface area contributed by atoms with Crippen LogP contribution in [0.2, 0.25) is 5.02 Å². The molecule has 0 saturated heterocycles. The highest BCUT2D eigenvalue weighted by atomic mass is 35.5. The van der Waals surface area contributed by atoms with Gasteiger partial charge in [-0.25, -0.2) is 4.68 Å². The lowest BCUT2D eigenvalue weighted by atomic mass is 10.2. The second-order valence-corrected chi connectivity index (χ2v) is 4.89. The van der Waals surface area contributed by atoms with Gasteiger partial charge in [-0.15, -0.1) is 0 Å². The number of rotatable bonds is 3. The Labute approximate surface area is 121 Å². The van der Waals surface area contributed by atoms with Gasteiger partial charge in [0.1, 0.15) is 6.54 Å². The number of benzene rings is 1. The first-order chi connectivity index (χ1) is 9.45. The minimum absolute atomic E-state index is 0.133.